The maximum absolute atomic E-state index is 12.6. The molecule has 1 aliphatic carbocycles. The van der Waals surface area contributed by atoms with E-state index in [1.807, 2.05) is 52.0 Å². The molecule has 26 heavy (non-hydrogen) atoms. The molecule has 4 rings (SSSR count). The largest absolute Gasteiger partial charge is 0.307 e. The minimum absolute atomic E-state index is 0.104. The molecule has 0 aliphatic heterocycles. The van der Waals surface area contributed by atoms with Crippen LogP contribution in [0.2, 0.25) is 0 Å². The Bertz CT molecular complexity index is 845. The minimum atomic E-state index is -0.104. The third-order valence-electron chi connectivity index (χ3n) is 4.95. The molecule has 1 aromatic carbocycles. The van der Waals surface area contributed by atoms with Crippen molar-refractivity contribution in [2.75, 3.05) is 5.32 Å². The van der Waals surface area contributed by atoms with E-state index in [9.17, 15) is 4.79 Å². The number of hydrogen-bond donors (Lipinski definition) is 1. The van der Waals surface area contributed by atoms with Gasteiger partial charge < -0.3 is 5.32 Å². The molecule has 1 aliphatic rings. The quantitative estimate of drug-likeness (QED) is 0.760. The predicted octanol–water partition coefficient (Wildman–Crippen LogP) is 3.89. The van der Waals surface area contributed by atoms with Gasteiger partial charge in [-0.25, -0.2) is 4.68 Å². The predicted molar refractivity (Wildman–Crippen MR) is 100 cm³/mol. The summed E-state index contributed by atoms with van der Waals surface area (Å²) in [6, 6.07) is 11.8. The number of anilines is 1. The summed E-state index contributed by atoms with van der Waals surface area (Å²) in [5, 5.41) is 11.6. The fraction of sp³-hybridized carbons (Fsp3) is 0.350. The Morgan fingerprint density at radius 2 is 1.85 bits per heavy atom. The number of carbonyl (C=O) groups is 1. The Hall–Kier alpha value is -2.89. The third kappa shape index (κ3) is 3.69. The highest BCUT2D eigenvalue weighted by Gasteiger charge is 2.19. The molecule has 1 fully saturated rings. The molecule has 0 bridgehead atoms. The van der Waals surface area contributed by atoms with Crippen LogP contribution in [0, 0.1) is 0 Å². The number of amides is 1. The highest BCUT2D eigenvalue weighted by Crippen LogP contribution is 2.30. The van der Waals surface area contributed by atoms with Crippen LogP contribution in [-0.4, -0.2) is 25.5 Å². The molecule has 6 heteroatoms. The molecule has 3 aromatic rings. The van der Waals surface area contributed by atoms with Crippen LogP contribution < -0.4 is 5.32 Å². The van der Waals surface area contributed by atoms with Crippen LogP contribution in [0.15, 0.2) is 55.0 Å². The van der Waals surface area contributed by atoms with E-state index in [0.717, 1.165) is 24.2 Å². The lowest BCUT2D eigenvalue weighted by Gasteiger charge is -2.23. The summed E-state index contributed by atoms with van der Waals surface area (Å²) < 4.78 is 3.83. The van der Waals surface area contributed by atoms with Gasteiger partial charge >= 0.3 is 0 Å². The summed E-state index contributed by atoms with van der Waals surface area (Å²) in [6.45, 7) is 0.698. The Balaban J connectivity index is 1.43. The normalized spacial score (nSPS) is 15.1. The number of aromatic nitrogens is 4. The first-order valence-corrected chi connectivity index (χ1v) is 9.21. The zero-order valence-corrected chi connectivity index (χ0v) is 14.7. The van der Waals surface area contributed by atoms with Gasteiger partial charge in [0.25, 0.3) is 5.91 Å². The standard InChI is InChI=1S/C20H23N5O/c26-20(17-9-7-16(8-10-17)15-24-14-4-12-21-24)23-19-11-13-22-25(19)18-5-2-1-3-6-18/h4,7-14,18H,1-3,5-6,15H2,(H,23,26). The second-order valence-electron chi connectivity index (χ2n) is 6.81. The number of rotatable bonds is 5. The van der Waals surface area contributed by atoms with E-state index >= 15 is 0 Å². The van der Waals surface area contributed by atoms with Crippen LogP contribution in [0.3, 0.4) is 0 Å². The fourth-order valence-corrected chi connectivity index (χ4v) is 3.56. The smallest absolute Gasteiger partial charge is 0.256 e. The molecule has 1 N–H and O–H groups in total. The highest BCUT2D eigenvalue weighted by atomic mass is 16.1. The van der Waals surface area contributed by atoms with Crippen LogP contribution in [0.4, 0.5) is 5.82 Å². The number of nitrogens with one attached hydrogen (secondary N) is 1. The summed E-state index contributed by atoms with van der Waals surface area (Å²) in [6.07, 6.45) is 11.5. The summed E-state index contributed by atoms with van der Waals surface area (Å²) in [7, 11) is 0. The second-order valence-corrected chi connectivity index (χ2v) is 6.81. The van der Waals surface area contributed by atoms with Gasteiger partial charge in [0, 0.05) is 24.0 Å². The topological polar surface area (TPSA) is 64.7 Å². The number of carbonyl (C=O) groups excluding carboxylic acids is 1. The molecule has 134 valence electrons. The van der Waals surface area contributed by atoms with E-state index in [1.165, 1.54) is 19.3 Å². The average molecular weight is 349 g/mol. The van der Waals surface area contributed by atoms with Crippen molar-refractivity contribution < 1.29 is 4.79 Å². The van der Waals surface area contributed by atoms with Crippen molar-refractivity contribution in [2.24, 2.45) is 0 Å². The van der Waals surface area contributed by atoms with Gasteiger partial charge in [0.2, 0.25) is 0 Å². The average Bonchev–Trinajstić information content (AvgIpc) is 3.35. The van der Waals surface area contributed by atoms with Gasteiger partial charge in [0.05, 0.1) is 18.8 Å². The molecule has 0 unspecified atom stereocenters. The molecular weight excluding hydrogens is 326 g/mol. The maximum atomic E-state index is 12.6. The van der Waals surface area contributed by atoms with Gasteiger partial charge in [-0.05, 0) is 36.6 Å². The Morgan fingerprint density at radius 1 is 1.04 bits per heavy atom. The minimum Gasteiger partial charge on any atom is -0.307 e. The van der Waals surface area contributed by atoms with E-state index in [2.05, 4.69) is 15.5 Å². The zero-order chi connectivity index (χ0) is 17.8. The summed E-state index contributed by atoms with van der Waals surface area (Å²) >= 11 is 0. The van der Waals surface area contributed by atoms with Crippen molar-refractivity contribution in [2.45, 2.75) is 44.7 Å². The first-order valence-electron chi connectivity index (χ1n) is 9.21. The molecule has 1 amide bonds. The monoisotopic (exact) mass is 349 g/mol. The molecular formula is C20H23N5O. The molecule has 2 aromatic heterocycles. The molecule has 0 atom stereocenters. The number of benzene rings is 1. The SMILES string of the molecule is O=C(Nc1ccnn1C1CCCCC1)c1ccc(Cn2cccn2)cc1. The molecule has 0 saturated heterocycles. The zero-order valence-electron chi connectivity index (χ0n) is 14.7. The molecule has 2 heterocycles. The van der Waals surface area contributed by atoms with Gasteiger partial charge in [0.15, 0.2) is 0 Å². The highest BCUT2D eigenvalue weighted by molar-refractivity contribution is 6.03. The molecule has 0 radical (unpaired) electrons. The van der Waals surface area contributed by atoms with Crippen LogP contribution in [0.5, 0.6) is 0 Å². The van der Waals surface area contributed by atoms with Crippen LogP contribution >= 0.6 is 0 Å². The van der Waals surface area contributed by atoms with Crippen molar-refractivity contribution >= 4 is 11.7 Å². The lowest BCUT2D eigenvalue weighted by atomic mass is 9.96. The Morgan fingerprint density at radius 3 is 2.58 bits per heavy atom. The second kappa shape index (κ2) is 7.56. The summed E-state index contributed by atoms with van der Waals surface area (Å²) in [5.41, 5.74) is 1.75. The van der Waals surface area contributed by atoms with Crippen molar-refractivity contribution in [3.05, 3.63) is 66.1 Å². The van der Waals surface area contributed by atoms with Gasteiger partial charge in [-0.3, -0.25) is 9.48 Å². The lowest BCUT2D eigenvalue weighted by molar-refractivity contribution is 0.102. The molecule has 6 nitrogen and oxygen atoms in total. The lowest BCUT2D eigenvalue weighted by Crippen LogP contribution is -2.20. The van der Waals surface area contributed by atoms with E-state index in [1.54, 1.807) is 12.4 Å². The Kier molecular flexibility index (Phi) is 4.82. The first kappa shape index (κ1) is 16.6. The van der Waals surface area contributed by atoms with E-state index in [4.69, 9.17) is 0 Å². The Labute approximate surface area is 152 Å². The van der Waals surface area contributed by atoms with Gasteiger partial charge in [-0.15, -0.1) is 0 Å². The molecule has 0 spiro atoms. The van der Waals surface area contributed by atoms with E-state index in [-0.39, 0.29) is 5.91 Å². The van der Waals surface area contributed by atoms with Crippen molar-refractivity contribution in [3.63, 3.8) is 0 Å². The van der Waals surface area contributed by atoms with Crippen molar-refractivity contribution in [1.82, 2.24) is 19.6 Å². The maximum Gasteiger partial charge on any atom is 0.256 e. The van der Waals surface area contributed by atoms with Crippen LogP contribution in [-0.2, 0) is 6.54 Å². The van der Waals surface area contributed by atoms with Gasteiger partial charge in [0.1, 0.15) is 5.82 Å². The summed E-state index contributed by atoms with van der Waals surface area (Å²) in [4.78, 5) is 12.6. The van der Waals surface area contributed by atoms with E-state index < -0.39 is 0 Å². The van der Waals surface area contributed by atoms with Crippen LogP contribution in [0.1, 0.15) is 54.1 Å². The summed E-state index contributed by atoms with van der Waals surface area (Å²) in [5.74, 6) is 0.677. The van der Waals surface area contributed by atoms with Crippen molar-refractivity contribution in [3.8, 4) is 0 Å². The molecule has 1 saturated carbocycles. The third-order valence-corrected chi connectivity index (χ3v) is 4.95. The van der Waals surface area contributed by atoms with Gasteiger partial charge in [-0.2, -0.15) is 10.2 Å². The first-order chi connectivity index (χ1) is 12.8. The van der Waals surface area contributed by atoms with E-state index in [0.29, 0.717) is 18.2 Å². The number of nitrogens with zero attached hydrogens (tertiary/aromatic N) is 4. The fourth-order valence-electron chi connectivity index (χ4n) is 3.56. The van der Waals surface area contributed by atoms with Gasteiger partial charge in [-0.1, -0.05) is 31.4 Å². The number of hydrogen-bond acceptors (Lipinski definition) is 3. The van der Waals surface area contributed by atoms with Crippen molar-refractivity contribution in [1.29, 1.82) is 0 Å². The van der Waals surface area contributed by atoms with Crippen LogP contribution in [0.25, 0.3) is 0 Å².